The van der Waals surface area contributed by atoms with Gasteiger partial charge in [0.2, 0.25) is 0 Å². The van der Waals surface area contributed by atoms with E-state index in [9.17, 15) is 4.79 Å². The lowest BCUT2D eigenvalue weighted by Crippen LogP contribution is -2.49. The van der Waals surface area contributed by atoms with Gasteiger partial charge < -0.3 is 9.80 Å². The zero-order valence-corrected chi connectivity index (χ0v) is 14.0. The van der Waals surface area contributed by atoms with Crippen molar-refractivity contribution in [2.45, 2.75) is 50.4 Å². The number of rotatable bonds is 1. The summed E-state index contributed by atoms with van der Waals surface area (Å²) >= 11 is 6.13. The maximum absolute atomic E-state index is 13.0. The van der Waals surface area contributed by atoms with Crippen LogP contribution in [0.3, 0.4) is 0 Å². The highest BCUT2D eigenvalue weighted by Crippen LogP contribution is 2.39. The van der Waals surface area contributed by atoms with Crippen molar-refractivity contribution in [2.75, 3.05) is 7.05 Å². The fraction of sp³-hybridized carbons (Fsp3) is 0.500. The molecule has 3 aliphatic rings. The Morgan fingerprint density at radius 1 is 1.09 bits per heavy atom. The van der Waals surface area contributed by atoms with E-state index >= 15 is 0 Å². The molecule has 0 aliphatic carbocycles. The van der Waals surface area contributed by atoms with E-state index in [1.54, 1.807) is 0 Å². The van der Waals surface area contributed by atoms with Crippen molar-refractivity contribution >= 4 is 28.5 Å². The van der Waals surface area contributed by atoms with Gasteiger partial charge in [0.1, 0.15) is 0 Å². The van der Waals surface area contributed by atoms with Crippen LogP contribution in [0, 0.1) is 0 Å². The van der Waals surface area contributed by atoms with E-state index in [0.29, 0.717) is 23.1 Å². The van der Waals surface area contributed by atoms with Crippen LogP contribution in [-0.4, -0.2) is 45.6 Å². The Morgan fingerprint density at radius 3 is 2.57 bits per heavy atom. The van der Waals surface area contributed by atoms with Crippen LogP contribution in [0.4, 0.5) is 4.79 Å². The number of halogens is 1. The molecule has 2 aromatic rings. The minimum Gasteiger partial charge on any atom is -0.315 e. The fourth-order valence-electron chi connectivity index (χ4n) is 4.87. The topological polar surface area (TPSA) is 28.5 Å². The number of nitrogens with zero attached hydrogens (tertiary/aromatic N) is 3. The summed E-state index contributed by atoms with van der Waals surface area (Å²) in [4.78, 5) is 17.6. The Morgan fingerprint density at radius 2 is 1.83 bits per heavy atom. The molecule has 4 nitrogen and oxygen atoms in total. The molecule has 2 bridgehead atoms. The van der Waals surface area contributed by atoms with Gasteiger partial charge in [0.15, 0.2) is 0 Å². The molecule has 1 aromatic carbocycles. The number of amides is 1. The molecule has 0 saturated carbocycles. The zero-order valence-electron chi connectivity index (χ0n) is 13.2. The van der Waals surface area contributed by atoms with E-state index in [1.165, 1.54) is 12.8 Å². The average molecular weight is 330 g/mol. The number of hydrogen-bond donors (Lipinski definition) is 0. The SMILES string of the molecule is CN1C2CCC1CC(N1Cc3cc4ccc(Cl)cc4n3C1=O)C2. The molecule has 4 heterocycles. The van der Waals surface area contributed by atoms with E-state index in [1.807, 2.05) is 22.8 Å². The van der Waals surface area contributed by atoms with Crippen molar-refractivity contribution in [1.82, 2.24) is 14.4 Å². The molecule has 1 aromatic heterocycles. The highest BCUT2D eigenvalue weighted by molar-refractivity contribution is 6.31. The molecular formula is C18H20ClN3O. The summed E-state index contributed by atoms with van der Waals surface area (Å²) in [6, 6.07) is 9.73. The highest BCUT2D eigenvalue weighted by Gasteiger charge is 2.43. The fourth-order valence-corrected chi connectivity index (χ4v) is 5.03. The normalized spacial score (nSPS) is 30.4. The molecular weight excluding hydrogens is 310 g/mol. The highest BCUT2D eigenvalue weighted by atomic mass is 35.5. The molecule has 3 aliphatic heterocycles. The Labute approximate surface area is 140 Å². The van der Waals surface area contributed by atoms with Gasteiger partial charge in [-0.15, -0.1) is 0 Å². The summed E-state index contributed by atoms with van der Waals surface area (Å²) < 4.78 is 1.86. The Balaban J connectivity index is 1.48. The first kappa shape index (κ1) is 13.9. The minimum absolute atomic E-state index is 0.131. The van der Waals surface area contributed by atoms with Crippen LogP contribution in [0.1, 0.15) is 31.4 Å². The second-order valence-corrected chi connectivity index (χ2v) is 7.70. The predicted molar refractivity (Wildman–Crippen MR) is 90.9 cm³/mol. The van der Waals surface area contributed by atoms with Gasteiger partial charge in [-0.2, -0.15) is 0 Å². The van der Waals surface area contributed by atoms with Crippen LogP contribution in [0.2, 0.25) is 5.02 Å². The lowest BCUT2D eigenvalue weighted by molar-refractivity contribution is 0.0944. The molecule has 2 atom stereocenters. The molecule has 2 fully saturated rings. The van der Waals surface area contributed by atoms with Gasteiger partial charge in [0.05, 0.1) is 12.1 Å². The van der Waals surface area contributed by atoms with Crippen LogP contribution in [-0.2, 0) is 6.54 Å². The third-order valence-electron chi connectivity index (χ3n) is 6.13. The van der Waals surface area contributed by atoms with E-state index in [2.05, 4.69) is 22.9 Å². The standard InChI is InChI=1S/C18H20ClN3O/c1-20-13-4-5-14(20)9-15(8-13)21-10-16-6-11-2-3-12(19)7-17(11)22(16)18(21)23/h2-3,6-7,13-15H,4-5,8-10H2,1H3. The first-order chi connectivity index (χ1) is 11.1. The maximum Gasteiger partial charge on any atom is 0.329 e. The van der Waals surface area contributed by atoms with Crippen molar-refractivity contribution in [2.24, 2.45) is 0 Å². The molecule has 120 valence electrons. The van der Waals surface area contributed by atoms with E-state index in [0.717, 1.165) is 36.0 Å². The number of benzene rings is 1. The second-order valence-electron chi connectivity index (χ2n) is 7.26. The van der Waals surface area contributed by atoms with Crippen molar-refractivity contribution in [3.05, 3.63) is 35.0 Å². The van der Waals surface area contributed by atoms with Crippen LogP contribution in [0.15, 0.2) is 24.3 Å². The smallest absolute Gasteiger partial charge is 0.315 e. The Hall–Kier alpha value is -1.52. The number of carbonyl (C=O) groups is 1. The summed E-state index contributed by atoms with van der Waals surface area (Å²) in [5.74, 6) is 0. The van der Waals surface area contributed by atoms with Crippen LogP contribution < -0.4 is 0 Å². The predicted octanol–water partition coefficient (Wildman–Crippen LogP) is 3.70. The summed E-state index contributed by atoms with van der Waals surface area (Å²) in [6.07, 6.45) is 4.79. The Kier molecular flexibility index (Phi) is 2.86. The zero-order chi connectivity index (χ0) is 15.7. The van der Waals surface area contributed by atoms with Crippen LogP contribution >= 0.6 is 11.6 Å². The van der Waals surface area contributed by atoms with Crippen LogP contribution in [0.25, 0.3) is 10.9 Å². The minimum atomic E-state index is 0.131. The lowest BCUT2D eigenvalue weighted by Gasteiger charge is -2.40. The lowest BCUT2D eigenvalue weighted by atomic mass is 9.97. The van der Waals surface area contributed by atoms with Gasteiger partial charge in [-0.1, -0.05) is 17.7 Å². The molecule has 1 amide bonds. The van der Waals surface area contributed by atoms with E-state index in [-0.39, 0.29) is 6.03 Å². The van der Waals surface area contributed by atoms with Crippen molar-refractivity contribution < 1.29 is 4.79 Å². The number of aromatic nitrogens is 1. The van der Waals surface area contributed by atoms with Gasteiger partial charge in [0, 0.05) is 34.2 Å². The van der Waals surface area contributed by atoms with Gasteiger partial charge in [0.25, 0.3) is 0 Å². The number of fused-ring (bicyclic) bond motifs is 5. The summed E-state index contributed by atoms with van der Waals surface area (Å²) in [5, 5.41) is 1.78. The second kappa shape index (κ2) is 4.74. The molecule has 0 N–H and O–H groups in total. The first-order valence-corrected chi connectivity index (χ1v) is 8.82. The van der Waals surface area contributed by atoms with Crippen molar-refractivity contribution in [3.63, 3.8) is 0 Å². The average Bonchev–Trinajstić information content (AvgIpc) is 3.08. The number of hydrogen-bond acceptors (Lipinski definition) is 2. The molecule has 2 unspecified atom stereocenters. The molecule has 0 radical (unpaired) electrons. The third-order valence-corrected chi connectivity index (χ3v) is 6.36. The van der Waals surface area contributed by atoms with E-state index < -0.39 is 0 Å². The van der Waals surface area contributed by atoms with Gasteiger partial charge in [-0.3, -0.25) is 4.57 Å². The largest absolute Gasteiger partial charge is 0.329 e. The molecule has 23 heavy (non-hydrogen) atoms. The molecule has 5 rings (SSSR count). The molecule has 2 saturated heterocycles. The third kappa shape index (κ3) is 1.91. The summed E-state index contributed by atoms with van der Waals surface area (Å²) in [7, 11) is 2.24. The number of piperidine rings is 1. The summed E-state index contributed by atoms with van der Waals surface area (Å²) in [6.45, 7) is 0.735. The van der Waals surface area contributed by atoms with Crippen LogP contribution in [0.5, 0.6) is 0 Å². The molecule has 0 spiro atoms. The van der Waals surface area contributed by atoms with Crippen molar-refractivity contribution in [1.29, 1.82) is 0 Å². The van der Waals surface area contributed by atoms with Gasteiger partial charge in [-0.05, 0) is 50.9 Å². The maximum atomic E-state index is 13.0. The molecule has 5 heteroatoms. The monoisotopic (exact) mass is 329 g/mol. The number of carbonyl (C=O) groups excluding carboxylic acids is 1. The quantitative estimate of drug-likeness (QED) is 0.798. The van der Waals surface area contributed by atoms with E-state index in [4.69, 9.17) is 11.6 Å². The Bertz CT molecular complexity index is 800. The van der Waals surface area contributed by atoms with Gasteiger partial charge >= 0.3 is 6.03 Å². The van der Waals surface area contributed by atoms with Gasteiger partial charge in [-0.25, -0.2) is 4.79 Å². The first-order valence-electron chi connectivity index (χ1n) is 8.44. The van der Waals surface area contributed by atoms with Crippen molar-refractivity contribution in [3.8, 4) is 0 Å². The summed E-state index contributed by atoms with van der Waals surface area (Å²) in [5.41, 5.74) is 2.04.